The number of carbonyl (C=O) groups excluding carboxylic acids is 2. The minimum atomic E-state index is -0.334. The van der Waals surface area contributed by atoms with Gasteiger partial charge in [0.25, 0.3) is 5.91 Å². The van der Waals surface area contributed by atoms with E-state index in [1.807, 2.05) is 9.80 Å². The summed E-state index contributed by atoms with van der Waals surface area (Å²) < 4.78 is 13.1. The molecule has 2 saturated heterocycles. The maximum Gasteiger partial charge on any atom is 0.253 e. The van der Waals surface area contributed by atoms with Gasteiger partial charge in [-0.2, -0.15) is 0 Å². The molecule has 2 aliphatic heterocycles. The largest absolute Gasteiger partial charge is 0.339 e. The Hall–Kier alpha value is -1.86. The van der Waals surface area contributed by atoms with Crippen molar-refractivity contribution >= 4 is 34.9 Å². The minimum absolute atomic E-state index is 0.0432. The Kier molecular flexibility index (Phi) is 5.73. The average molecular weight is 419 g/mol. The topological polar surface area (TPSA) is 40.6 Å². The predicted molar refractivity (Wildman–Crippen MR) is 111 cm³/mol. The number of aryl methyl sites for hydroxylation is 1. The van der Waals surface area contributed by atoms with E-state index in [2.05, 4.69) is 18.4 Å². The number of halogens is 1. The van der Waals surface area contributed by atoms with Gasteiger partial charge in [0.2, 0.25) is 5.91 Å². The zero-order valence-electron chi connectivity index (χ0n) is 15.8. The highest BCUT2D eigenvalue weighted by Crippen LogP contribution is 2.43. The van der Waals surface area contributed by atoms with Crippen molar-refractivity contribution in [3.63, 3.8) is 0 Å². The molecule has 2 amide bonds. The van der Waals surface area contributed by atoms with Gasteiger partial charge >= 0.3 is 0 Å². The summed E-state index contributed by atoms with van der Waals surface area (Å²) in [6, 6.07) is 7.84. The fraction of sp³-hybridized carbons (Fsp3) is 0.429. The molecular weight excluding hydrogens is 395 g/mol. The number of piperidine rings is 1. The quantitative estimate of drug-likeness (QED) is 0.742. The lowest BCUT2D eigenvalue weighted by molar-refractivity contribution is -0.128. The molecule has 3 heterocycles. The SMILES string of the molecule is Cc1ccsc1C1SCC(=O)N1CC1CCN(C(=O)c2ccc(F)cc2)CC1. The monoisotopic (exact) mass is 418 g/mol. The van der Waals surface area contributed by atoms with Gasteiger partial charge < -0.3 is 9.80 Å². The molecule has 1 atom stereocenters. The Balaban J connectivity index is 1.36. The van der Waals surface area contributed by atoms with Crippen LogP contribution in [0.5, 0.6) is 0 Å². The first-order valence-corrected chi connectivity index (χ1v) is 11.5. The molecule has 0 spiro atoms. The summed E-state index contributed by atoms with van der Waals surface area (Å²) in [6.45, 7) is 4.22. The summed E-state index contributed by atoms with van der Waals surface area (Å²) in [5.74, 6) is 0.789. The fourth-order valence-electron chi connectivity index (χ4n) is 3.88. The van der Waals surface area contributed by atoms with Crippen LogP contribution in [-0.2, 0) is 4.79 Å². The number of thioether (sulfide) groups is 1. The summed E-state index contributed by atoms with van der Waals surface area (Å²) in [5, 5.41) is 2.22. The van der Waals surface area contributed by atoms with Gasteiger partial charge in [-0.3, -0.25) is 9.59 Å². The second kappa shape index (κ2) is 8.25. The molecule has 0 radical (unpaired) electrons. The van der Waals surface area contributed by atoms with E-state index in [4.69, 9.17) is 0 Å². The van der Waals surface area contributed by atoms with Crippen LogP contribution in [0.3, 0.4) is 0 Å². The van der Waals surface area contributed by atoms with Crippen molar-refractivity contribution in [1.29, 1.82) is 0 Å². The summed E-state index contributed by atoms with van der Waals surface area (Å²) in [4.78, 5) is 30.2. The van der Waals surface area contributed by atoms with Gasteiger partial charge in [-0.15, -0.1) is 23.1 Å². The molecule has 4 nitrogen and oxygen atoms in total. The van der Waals surface area contributed by atoms with Crippen molar-refractivity contribution < 1.29 is 14.0 Å². The zero-order valence-corrected chi connectivity index (χ0v) is 17.4. The Morgan fingerprint density at radius 3 is 2.54 bits per heavy atom. The smallest absolute Gasteiger partial charge is 0.253 e. The zero-order chi connectivity index (χ0) is 19.7. The minimum Gasteiger partial charge on any atom is -0.339 e. The van der Waals surface area contributed by atoms with Crippen LogP contribution in [0.1, 0.15) is 39.0 Å². The third-order valence-electron chi connectivity index (χ3n) is 5.54. The van der Waals surface area contributed by atoms with Crippen molar-refractivity contribution in [1.82, 2.24) is 9.80 Å². The van der Waals surface area contributed by atoms with Crippen LogP contribution in [0.15, 0.2) is 35.7 Å². The van der Waals surface area contributed by atoms with Gasteiger partial charge in [0, 0.05) is 30.1 Å². The van der Waals surface area contributed by atoms with Crippen molar-refractivity contribution in [2.45, 2.75) is 25.1 Å². The third-order valence-corrected chi connectivity index (χ3v) is 7.98. The number of rotatable bonds is 4. The molecule has 28 heavy (non-hydrogen) atoms. The summed E-state index contributed by atoms with van der Waals surface area (Å²) in [5.41, 5.74) is 1.78. The van der Waals surface area contributed by atoms with Crippen molar-refractivity contribution in [2.24, 2.45) is 5.92 Å². The number of hydrogen-bond donors (Lipinski definition) is 0. The maximum absolute atomic E-state index is 13.1. The molecule has 1 unspecified atom stereocenters. The normalized spacial score (nSPS) is 20.8. The van der Waals surface area contributed by atoms with E-state index in [0.717, 1.165) is 19.4 Å². The summed E-state index contributed by atoms with van der Waals surface area (Å²) in [7, 11) is 0. The number of likely N-dealkylation sites (tertiary alicyclic amines) is 1. The third kappa shape index (κ3) is 3.96. The molecule has 1 aromatic carbocycles. The molecule has 0 saturated carbocycles. The highest BCUT2D eigenvalue weighted by atomic mass is 32.2. The average Bonchev–Trinajstić information content (AvgIpc) is 3.28. The van der Waals surface area contributed by atoms with E-state index in [-0.39, 0.29) is 23.0 Å². The number of amides is 2. The Bertz CT molecular complexity index is 860. The fourth-order valence-corrected chi connectivity index (χ4v) is 6.35. The Morgan fingerprint density at radius 1 is 1.18 bits per heavy atom. The van der Waals surface area contributed by atoms with Crippen LogP contribution in [0.25, 0.3) is 0 Å². The van der Waals surface area contributed by atoms with E-state index in [0.29, 0.717) is 30.3 Å². The molecule has 0 bridgehead atoms. The lowest BCUT2D eigenvalue weighted by atomic mass is 9.95. The van der Waals surface area contributed by atoms with Gasteiger partial charge in [-0.25, -0.2) is 4.39 Å². The first kappa shape index (κ1) is 19.5. The van der Waals surface area contributed by atoms with E-state index < -0.39 is 0 Å². The maximum atomic E-state index is 13.1. The van der Waals surface area contributed by atoms with E-state index in [1.165, 1.54) is 34.7 Å². The van der Waals surface area contributed by atoms with Crippen LogP contribution >= 0.6 is 23.1 Å². The highest BCUT2D eigenvalue weighted by Gasteiger charge is 2.36. The molecule has 1 aromatic heterocycles. The molecule has 2 fully saturated rings. The lowest BCUT2D eigenvalue weighted by Crippen LogP contribution is -2.42. The lowest BCUT2D eigenvalue weighted by Gasteiger charge is -2.35. The molecule has 0 aliphatic carbocycles. The van der Waals surface area contributed by atoms with Crippen molar-refractivity contribution in [3.8, 4) is 0 Å². The number of thiophene rings is 1. The summed E-state index contributed by atoms with van der Waals surface area (Å²) in [6.07, 6.45) is 1.77. The number of nitrogens with zero attached hydrogens (tertiary/aromatic N) is 2. The summed E-state index contributed by atoms with van der Waals surface area (Å²) >= 11 is 3.44. The van der Waals surface area contributed by atoms with E-state index >= 15 is 0 Å². The van der Waals surface area contributed by atoms with Gasteiger partial charge in [0.15, 0.2) is 0 Å². The van der Waals surface area contributed by atoms with E-state index in [9.17, 15) is 14.0 Å². The first-order valence-electron chi connectivity index (χ1n) is 9.53. The molecule has 2 aromatic rings. The van der Waals surface area contributed by atoms with Crippen LogP contribution in [0.2, 0.25) is 0 Å². The first-order chi connectivity index (χ1) is 13.5. The second-order valence-corrected chi connectivity index (χ2v) is 9.44. The molecule has 0 N–H and O–H groups in total. The molecule has 7 heteroatoms. The molecule has 2 aliphatic rings. The standard InChI is InChI=1S/C21H23FN2O2S2/c1-14-8-11-27-19(14)21-24(18(25)13-28-21)12-15-6-9-23(10-7-15)20(26)16-2-4-17(22)5-3-16/h2-5,8,11,15,21H,6-7,9-10,12-13H2,1H3. The van der Waals surface area contributed by atoms with E-state index in [1.54, 1.807) is 23.1 Å². The predicted octanol–water partition coefficient (Wildman–Crippen LogP) is 4.32. The van der Waals surface area contributed by atoms with Crippen LogP contribution < -0.4 is 0 Å². The molecular formula is C21H23FN2O2S2. The molecule has 148 valence electrons. The van der Waals surface area contributed by atoms with Gasteiger partial charge in [0.05, 0.1) is 5.75 Å². The number of benzene rings is 1. The van der Waals surface area contributed by atoms with Crippen LogP contribution in [0.4, 0.5) is 4.39 Å². The Morgan fingerprint density at radius 2 is 1.89 bits per heavy atom. The number of hydrogen-bond acceptors (Lipinski definition) is 4. The van der Waals surface area contributed by atoms with Crippen LogP contribution in [0, 0.1) is 18.7 Å². The number of carbonyl (C=O) groups is 2. The van der Waals surface area contributed by atoms with Gasteiger partial charge in [-0.1, -0.05) is 0 Å². The van der Waals surface area contributed by atoms with Gasteiger partial charge in [-0.05, 0) is 67.0 Å². The Labute approximate surface area is 172 Å². The van der Waals surface area contributed by atoms with Gasteiger partial charge in [0.1, 0.15) is 11.2 Å². The van der Waals surface area contributed by atoms with Crippen molar-refractivity contribution in [3.05, 3.63) is 57.5 Å². The highest BCUT2D eigenvalue weighted by molar-refractivity contribution is 8.00. The molecule has 4 rings (SSSR count). The van der Waals surface area contributed by atoms with Crippen LogP contribution in [-0.4, -0.2) is 47.0 Å². The van der Waals surface area contributed by atoms with Crippen molar-refractivity contribution in [2.75, 3.05) is 25.4 Å². The second-order valence-electron chi connectivity index (χ2n) is 7.42.